The monoisotopic (exact) mass is 198 g/mol. The predicted molar refractivity (Wildman–Crippen MR) is 57.4 cm³/mol. The van der Waals surface area contributed by atoms with E-state index in [0.717, 1.165) is 11.1 Å². The van der Waals surface area contributed by atoms with Gasteiger partial charge in [0.15, 0.2) is 0 Å². The Balaban J connectivity index is 3.23. The van der Waals surface area contributed by atoms with Gasteiger partial charge in [0.2, 0.25) is 0 Å². The van der Waals surface area contributed by atoms with Crippen LogP contribution in [-0.4, -0.2) is 11.8 Å². The Morgan fingerprint density at radius 1 is 1.31 bits per heavy atom. The molecule has 1 atom stereocenters. The normalized spacial score (nSPS) is 24.2. The predicted octanol–water partition coefficient (Wildman–Crippen LogP) is 0.288. The van der Waals surface area contributed by atoms with Gasteiger partial charge < -0.3 is 16.9 Å². The molecule has 5 heteroatoms. The first kappa shape index (κ1) is 10.1. The highest BCUT2D eigenvalue weighted by Crippen LogP contribution is 2.22. The zero-order valence-corrected chi connectivity index (χ0v) is 8.57. The smallest absolute Gasteiger partial charge is 0.0818 e. The van der Waals surface area contributed by atoms with Crippen molar-refractivity contribution in [1.82, 2.24) is 4.72 Å². The van der Waals surface area contributed by atoms with Gasteiger partial charge in [0.25, 0.3) is 0 Å². The number of hydrogen-bond donors (Lipinski definition) is 5. The molecule has 0 amide bonds. The van der Waals surface area contributed by atoms with E-state index in [4.69, 9.17) is 16.9 Å². The zero-order valence-electron chi connectivity index (χ0n) is 7.68. The molecule has 0 aromatic heterocycles. The minimum atomic E-state index is -0.226. The van der Waals surface area contributed by atoms with E-state index in [-0.39, 0.29) is 6.04 Å². The first-order valence-corrected chi connectivity index (χ1v) is 4.36. The lowest BCUT2D eigenvalue weighted by atomic mass is 9.90. The maximum atomic E-state index is 7.76. The largest absolute Gasteiger partial charge is 0.397 e. The van der Waals surface area contributed by atoms with Crippen LogP contribution in [0, 0.1) is 5.41 Å². The molecule has 1 rings (SSSR count). The van der Waals surface area contributed by atoms with Crippen molar-refractivity contribution in [2.24, 2.45) is 11.5 Å². The van der Waals surface area contributed by atoms with Gasteiger partial charge in [-0.1, -0.05) is 12.8 Å². The average molecular weight is 198 g/mol. The van der Waals surface area contributed by atoms with Crippen molar-refractivity contribution < 1.29 is 0 Å². The van der Waals surface area contributed by atoms with Crippen LogP contribution in [0.4, 0.5) is 0 Å². The van der Waals surface area contributed by atoms with Crippen molar-refractivity contribution in [3.8, 4) is 0 Å². The Labute approximate surface area is 83.1 Å². The quantitative estimate of drug-likeness (QED) is 0.392. The zero-order chi connectivity index (χ0) is 10.2. The van der Waals surface area contributed by atoms with E-state index in [1.165, 1.54) is 0 Å². The lowest BCUT2D eigenvalue weighted by Gasteiger charge is -2.26. The van der Waals surface area contributed by atoms with E-state index >= 15 is 0 Å². The van der Waals surface area contributed by atoms with Crippen LogP contribution in [0.2, 0.25) is 0 Å². The number of nitrogens with one attached hydrogen (secondary N) is 2. The summed E-state index contributed by atoms with van der Waals surface area (Å²) in [4.78, 5) is 0. The first-order chi connectivity index (χ1) is 6.00. The molecule has 13 heavy (non-hydrogen) atoms. The molecule has 1 aliphatic carbocycles. The molecule has 0 saturated heterocycles. The minimum Gasteiger partial charge on any atom is -0.397 e. The van der Waals surface area contributed by atoms with Gasteiger partial charge in [0, 0.05) is 0 Å². The second-order valence-electron chi connectivity index (χ2n) is 3.11. The fourth-order valence-electron chi connectivity index (χ4n) is 1.31. The van der Waals surface area contributed by atoms with Gasteiger partial charge in [-0.05, 0) is 25.0 Å². The molecule has 0 aliphatic heterocycles. The van der Waals surface area contributed by atoms with Gasteiger partial charge in [-0.3, -0.25) is 4.72 Å². The van der Waals surface area contributed by atoms with Crippen molar-refractivity contribution in [3.63, 3.8) is 0 Å². The Kier molecular flexibility index (Phi) is 2.68. The van der Waals surface area contributed by atoms with Crippen LogP contribution in [0.3, 0.4) is 0 Å². The maximum absolute atomic E-state index is 7.76. The number of nitrogens with two attached hydrogens (primary N) is 2. The van der Waals surface area contributed by atoms with E-state index in [9.17, 15) is 0 Å². The first-order valence-electron chi connectivity index (χ1n) is 3.92. The lowest BCUT2D eigenvalue weighted by molar-refractivity contribution is 0.873. The average Bonchev–Trinajstić information content (AvgIpc) is 2.13. The summed E-state index contributed by atoms with van der Waals surface area (Å²) in [6.07, 6.45) is 0. The highest BCUT2D eigenvalue weighted by Gasteiger charge is 2.25. The van der Waals surface area contributed by atoms with Crippen LogP contribution in [0.5, 0.6) is 0 Å². The number of hydrogen-bond acceptors (Lipinski definition) is 5. The summed E-state index contributed by atoms with van der Waals surface area (Å²) in [6, 6.07) is -0.226. The summed E-state index contributed by atoms with van der Waals surface area (Å²) < 4.78 is 2.73. The van der Waals surface area contributed by atoms with E-state index in [1.54, 1.807) is 6.92 Å². The molecular formula is C8H14N4S. The minimum absolute atomic E-state index is 0.226. The molecule has 0 aromatic carbocycles. The summed E-state index contributed by atoms with van der Waals surface area (Å²) >= 11 is 3.95. The fraction of sp³-hybridized carbons (Fsp3) is 0.375. The Morgan fingerprint density at radius 3 is 2.31 bits per heavy atom. The van der Waals surface area contributed by atoms with Crippen molar-refractivity contribution in [3.05, 3.63) is 22.5 Å². The van der Waals surface area contributed by atoms with Crippen molar-refractivity contribution in [1.29, 1.82) is 5.41 Å². The second-order valence-corrected chi connectivity index (χ2v) is 3.37. The summed E-state index contributed by atoms with van der Waals surface area (Å²) in [5.41, 5.74) is 14.5. The molecular weight excluding hydrogens is 184 g/mol. The van der Waals surface area contributed by atoms with E-state index in [2.05, 4.69) is 17.5 Å². The molecule has 0 bridgehead atoms. The molecule has 0 heterocycles. The number of rotatable bonds is 1. The van der Waals surface area contributed by atoms with Crippen molar-refractivity contribution >= 4 is 18.5 Å². The van der Waals surface area contributed by atoms with Crippen molar-refractivity contribution in [2.45, 2.75) is 19.9 Å². The third-order valence-corrected chi connectivity index (χ3v) is 2.63. The van der Waals surface area contributed by atoms with Crippen molar-refractivity contribution in [2.75, 3.05) is 0 Å². The highest BCUT2D eigenvalue weighted by molar-refractivity contribution is 7.78. The van der Waals surface area contributed by atoms with Gasteiger partial charge in [-0.2, -0.15) is 0 Å². The molecule has 0 aromatic rings. The van der Waals surface area contributed by atoms with Gasteiger partial charge >= 0.3 is 0 Å². The van der Waals surface area contributed by atoms with Crippen LogP contribution in [-0.2, 0) is 0 Å². The van der Waals surface area contributed by atoms with Crippen LogP contribution in [0.15, 0.2) is 22.5 Å². The Hall–Kier alpha value is -0.940. The van der Waals surface area contributed by atoms with Gasteiger partial charge in [0.05, 0.1) is 23.1 Å². The summed E-state index contributed by atoms with van der Waals surface area (Å²) in [5, 5.41) is 7.76. The van der Waals surface area contributed by atoms with E-state index < -0.39 is 0 Å². The Morgan fingerprint density at radius 2 is 1.85 bits per heavy atom. The van der Waals surface area contributed by atoms with E-state index in [0.29, 0.717) is 17.1 Å². The Bertz CT molecular complexity index is 316. The molecule has 72 valence electrons. The SMILES string of the molecule is CC1=C(N)C(N)=C(C)C(NS)C1=N. The standard InChI is InChI=1S/C8H14N4S/c1-3-5(9)6(10)4(2)8(12-13)7(3)11/h8,11-13H,9-10H2,1-2H3. The van der Waals surface area contributed by atoms with Crippen LogP contribution in [0.1, 0.15) is 13.8 Å². The third-order valence-electron chi connectivity index (χ3n) is 2.37. The topological polar surface area (TPSA) is 87.9 Å². The summed E-state index contributed by atoms with van der Waals surface area (Å²) in [6.45, 7) is 3.63. The molecule has 0 fully saturated rings. The molecule has 4 nitrogen and oxygen atoms in total. The highest BCUT2D eigenvalue weighted by atomic mass is 32.1. The molecule has 1 aliphatic rings. The molecule has 0 saturated carbocycles. The molecule has 0 radical (unpaired) electrons. The fourth-order valence-corrected chi connectivity index (χ4v) is 1.63. The number of thiol groups is 1. The van der Waals surface area contributed by atoms with Crippen LogP contribution >= 0.6 is 12.8 Å². The van der Waals surface area contributed by atoms with Gasteiger partial charge in [0.1, 0.15) is 0 Å². The van der Waals surface area contributed by atoms with Gasteiger partial charge in [-0.15, -0.1) is 0 Å². The third kappa shape index (κ3) is 1.45. The summed E-state index contributed by atoms with van der Waals surface area (Å²) in [5.74, 6) is 0. The lowest BCUT2D eigenvalue weighted by Crippen LogP contribution is -2.39. The van der Waals surface area contributed by atoms with Crippen LogP contribution < -0.4 is 16.2 Å². The molecule has 1 unspecified atom stereocenters. The molecule has 0 spiro atoms. The second kappa shape index (κ2) is 3.43. The maximum Gasteiger partial charge on any atom is 0.0818 e. The molecule has 6 N–H and O–H groups in total. The van der Waals surface area contributed by atoms with Crippen LogP contribution in [0.25, 0.3) is 0 Å². The van der Waals surface area contributed by atoms with Gasteiger partial charge in [-0.25, -0.2) is 0 Å². The van der Waals surface area contributed by atoms with E-state index in [1.807, 2.05) is 6.92 Å². The summed E-state index contributed by atoms with van der Waals surface area (Å²) in [7, 11) is 0.